The van der Waals surface area contributed by atoms with E-state index in [-0.39, 0.29) is 5.54 Å². The molecule has 3 aromatic rings. The van der Waals surface area contributed by atoms with Crippen LogP contribution in [0.3, 0.4) is 0 Å². The summed E-state index contributed by atoms with van der Waals surface area (Å²) in [6.45, 7) is 10.9. The van der Waals surface area contributed by atoms with Gasteiger partial charge < -0.3 is 5.32 Å². The number of aromatic nitrogens is 4. The summed E-state index contributed by atoms with van der Waals surface area (Å²) in [5.41, 5.74) is 6.18. The first kappa shape index (κ1) is 15.1. The molecule has 1 N–H and O–H groups in total. The van der Waals surface area contributed by atoms with Crippen LogP contribution in [0.2, 0.25) is 0 Å². The zero-order chi connectivity index (χ0) is 17.1. The lowest BCUT2D eigenvalue weighted by Crippen LogP contribution is -2.36. The van der Waals surface area contributed by atoms with Crippen molar-refractivity contribution in [1.29, 1.82) is 0 Å². The summed E-state index contributed by atoms with van der Waals surface area (Å²) in [5, 5.41) is 8.21. The minimum atomic E-state index is 0.107. The zero-order valence-corrected chi connectivity index (χ0v) is 14.9. The fraction of sp³-hybridized carbons (Fsp3) is 0.421. The van der Waals surface area contributed by atoms with Crippen molar-refractivity contribution in [1.82, 2.24) is 19.6 Å². The molecule has 4 rings (SSSR count). The molecular formula is C19H23N5. The molecule has 1 aliphatic heterocycles. The summed E-state index contributed by atoms with van der Waals surface area (Å²) in [5.74, 6) is 1.93. The number of hydrogen-bond acceptors (Lipinski definition) is 4. The molecule has 0 saturated carbocycles. The Labute approximate surface area is 142 Å². The van der Waals surface area contributed by atoms with Gasteiger partial charge >= 0.3 is 0 Å². The minimum absolute atomic E-state index is 0.107. The first-order chi connectivity index (χ1) is 11.3. The van der Waals surface area contributed by atoms with Crippen LogP contribution in [0, 0.1) is 13.8 Å². The van der Waals surface area contributed by atoms with Crippen molar-refractivity contribution in [2.75, 3.05) is 5.32 Å². The molecule has 0 amide bonds. The molecule has 0 unspecified atom stereocenters. The molecule has 1 aliphatic rings. The van der Waals surface area contributed by atoms with Crippen molar-refractivity contribution < 1.29 is 0 Å². The summed E-state index contributed by atoms with van der Waals surface area (Å²) in [6, 6.07) is 6.58. The van der Waals surface area contributed by atoms with Crippen molar-refractivity contribution in [3.63, 3.8) is 0 Å². The third kappa shape index (κ3) is 2.35. The molecule has 0 spiro atoms. The van der Waals surface area contributed by atoms with Gasteiger partial charge in [-0.3, -0.25) is 0 Å². The van der Waals surface area contributed by atoms with E-state index in [1.54, 1.807) is 6.20 Å². The van der Waals surface area contributed by atoms with Crippen LogP contribution < -0.4 is 5.32 Å². The fourth-order valence-electron chi connectivity index (χ4n) is 3.91. The van der Waals surface area contributed by atoms with Crippen LogP contribution in [0.4, 0.5) is 5.69 Å². The summed E-state index contributed by atoms with van der Waals surface area (Å²) in [7, 11) is 0. The SMILES string of the molecule is Cc1nc2nccc(-c3cc4c(cc3C)[C@@H](C)CC(C)(C)N4)n2n1. The van der Waals surface area contributed by atoms with Gasteiger partial charge in [-0.05, 0) is 63.3 Å². The highest BCUT2D eigenvalue weighted by molar-refractivity contribution is 5.73. The van der Waals surface area contributed by atoms with Crippen LogP contribution in [-0.4, -0.2) is 25.1 Å². The lowest BCUT2D eigenvalue weighted by Gasteiger charge is -2.38. The standard InChI is InChI=1S/C19H23N5/c1-11-8-14-12(2)10-19(4,5)22-16(14)9-15(11)17-6-7-20-18-21-13(3)23-24(17)18/h6-9,12,22H,10H2,1-5H3/t12-/m0/s1. The second kappa shape index (κ2) is 5.03. The van der Waals surface area contributed by atoms with E-state index in [9.17, 15) is 0 Å². The van der Waals surface area contributed by atoms with Gasteiger partial charge in [-0.2, -0.15) is 9.50 Å². The number of anilines is 1. The van der Waals surface area contributed by atoms with Gasteiger partial charge in [0, 0.05) is 23.0 Å². The van der Waals surface area contributed by atoms with E-state index in [0.29, 0.717) is 11.7 Å². The molecule has 1 aromatic carbocycles. The molecule has 0 fully saturated rings. The largest absolute Gasteiger partial charge is 0.380 e. The van der Waals surface area contributed by atoms with Crippen molar-refractivity contribution >= 4 is 11.5 Å². The van der Waals surface area contributed by atoms with Gasteiger partial charge in [-0.1, -0.05) is 13.0 Å². The molecule has 0 aliphatic carbocycles. The van der Waals surface area contributed by atoms with Gasteiger partial charge in [0.25, 0.3) is 5.78 Å². The van der Waals surface area contributed by atoms with Gasteiger partial charge in [-0.15, -0.1) is 5.10 Å². The zero-order valence-electron chi connectivity index (χ0n) is 14.9. The molecule has 5 nitrogen and oxygen atoms in total. The lowest BCUT2D eigenvalue weighted by atomic mass is 9.80. The van der Waals surface area contributed by atoms with Gasteiger partial charge in [-0.25, -0.2) is 4.98 Å². The van der Waals surface area contributed by atoms with Gasteiger partial charge in [0.1, 0.15) is 5.82 Å². The predicted molar refractivity (Wildman–Crippen MR) is 96.4 cm³/mol. The van der Waals surface area contributed by atoms with E-state index in [1.807, 2.05) is 17.5 Å². The Balaban J connectivity index is 1.93. The number of aryl methyl sites for hydroxylation is 2. The van der Waals surface area contributed by atoms with Gasteiger partial charge in [0.05, 0.1) is 5.69 Å². The fourth-order valence-corrected chi connectivity index (χ4v) is 3.91. The molecule has 24 heavy (non-hydrogen) atoms. The molecule has 124 valence electrons. The van der Waals surface area contributed by atoms with Crippen LogP contribution in [0.15, 0.2) is 24.4 Å². The van der Waals surface area contributed by atoms with Crippen molar-refractivity contribution in [3.8, 4) is 11.3 Å². The van der Waals surface area contributed by atoms with E-state index in [4.69, 9.17) is 0 Å². The Morgan fingerprint density at radius 3 is 2.83 bits per heavy atom. The minimum Gasteiger partial charge on any atom is -0.380 e. The highest BCUT2D eigenvalue weighted by Gasteiger charge is 2.30. The maximum atomic E-state index is 4.51. The predicted octanol–water partition coefficient (Wildman–Crippen LogP) is 4.11. The topological polar surface area (TPSA) is 55.1 Å². The average Bonchev–Trinajstić information content (AvgIpc) is 2.87. The van der Waals surface area contributed by atoms with Crippen molar-refractivity contribution in [2.24, 2.45) is 0 Å². The molecule has 3 heterocycles. The summed E-state index contributed by atoms with van der Waals surface area (Å²) in [6.07, 6.45) is 2.94. The van der Waals surface area contributed by atoms with Crippen molar-refractivity contribution in [2.45, 2.75) is 52.5 Å². The van der Waals surface area contributed by atoms with Crippen LogP contribution in [0.5, 0.6) is 0 Å². The van der Waals surface area contributed by atoms with Gasteiger partial charge in [0.15, 0.2) is 0 Å². The Morgan fingerprint density at radius 2 is 2.04 bits per heavy atom. The highest BCUT2D eigenvalue weighted by Crippen LogP contribution is 2.41. The number of fused-ring (bicyclic) bond motifs is 2. The lowest BCUT2D eigenvalue weighted by molar-refractivity contribution is 0.454. The molecular weight excluding hydrogens is 298 g/mol. The normalized spacial score (nSPS) is 19.1. The summed E-state index contributed by atoms with van der Waals surface area (Å²) >= 11 is 0. The summed E-state index contributed by atoms with van der Waals surface area (Å²) in [4.78, 5) is 8.69. The number of nitrogens with one attached hydrogen (secondary N) is 1. The van der Waals surface area contributed by atoms with E-state index < -0.39 is 0 Å². The number of rotatable bonds is 1. The Hall–Kier alpha value is -2.43. The second-order valence-corrected chi connectivity index (χ2v) is 7.57. The molecule has 0 saturated heterocycles. The van der Waals surface area contributed by atoms with Crippen LogP contribution in [0.1, 0.15) is 50.1 Å². The summed E-state index contributed by atoms with van der Waals surface area (Å²) < 4.78 is 1.83. The maximum absolute atomic E-state index is 4.51. The molecule has 0 bridgehead atoms. The average molecular weight is 321 g/mol. The molecule has 1 atom stereocenters. The third-order valence-corrected chi connectivity index (χ3v) is 4.84. The smallest absolute Gasteiger partial charge is 0.252 e. The number of benzene rings is 1. The highest BCUT2D eigenvalue weighted by atomic mass is 15.3. The van der Waals surface area contributed by atoms with Gasteiger partial charge in [0.2, 0.25) is 0 Å². The monoisotopic (exact) mass is 321 g/mol. The third-order valence-electron chi connectivity index (χ3n) is 4.84. The molecule has 0 radical (unpaired) electrons. The Morgan fingerprint density at radius 1 is 1.25 bits per heavy atom. The van der Waals surface area contributed by atoms with Crippen LogP contribution in [-0.2, 0) is 0 Å². The van der Waals surface area contributed by atoms with E-state index in [1.165, 1.54) is 22.4 Å². The second-order valence-electron chi connectivity index (χ2n) is 7.57. The van der Waals surface area contributed by atoms with Crippen LogP contribution in [0.25, 0.3) is 17.0 Å². The quantitative estimate of drug-likeness (QED) is 0.733. The first-order valence-electron chi connectivity index (χ1n) is 8.45. The van der Waals surface area contributed by atoms with E-state index in [2.05, 4.69) is 60.2 Å². The van der Waals surface area contributed by atoms with Crippen molar-refractivity contribution in [3.05, 3.63) is 41.3 Å². The molecule has 5 heteroatoms. The number of hydrogen-bond donors (Lipinski definition) is 1. The van der Waals surface area contributed by atoms with Crippen LogP contribution >= 0.6 is 0 Å². The van der Waals surface area contributed by atoms with E-state index >= 15 is 0 Å². The number of nitrogens with zero attached hydrogens (tertiary/aromatic N) is 4. The molecule has 2 aromatic heterocycles. The first-order valence-corrected chi connectivity index (χ1v) is 8.45. The Kier molecular flexibility index (Phi) is 3.17. The Bertz CT molecular complexity index is 938. The van der Waals surface area contributed by atoms with E-state index in [0.717, 1.165) is 17.9 Å². The maximum Gasteiger partial charge on any atom is 0.252 e.